The van der Waals surface area contributed by atoms with Crippen molar-refractivity contribution in [3.05, 3.63) is 34.2 Å². The van der Waals surface area contributed by atoms with Crippen LogP contribution in [0.3, 0.4) is 0 Å². The molecular weight excluding hydrogens is 258 g/mol. The molecule has 18 heavy (non-hydrogen) atoms. The van der Waals surface area contributed by atoms with Gasteiger partial charge >= 0.3 is 0 Å². The van der Waals surface area contributed by atoms with Crippen molar-refractivity contribution in [1.29, 1.82) is 0 Å². The Morgan fingerprint density at radius 2 is 2.11 bits per heavy atom. The molecule has 0 radical (unpaired) electrons. The lowest BCUT2D eigenvalue weighted by molar-refractivity contribution is 0.0951. The van der Waals surface area contributed by atoms with Crippen LogP contribution in [-0.4, -0.2) is 38.2 Å². The predicted molar refractivity (Wildman–Crippen MR) is 66.9 cm³/mol. The van der Waals surface area contributed by atoms with E-state index < -0.39 is 15.9 Å². The summed E-state index contributed by atoms with van der Waals surface area (Å²) in [4.78, 5) is 24.9. The van der Waals surface area contributed by atoms with E-state index in [1.807, 2.05) is 0 Å². The van der Waals surface area contributed by atoms with E-state index in [0.29, 0.717) is 6.54 Å². The van der Waals surface area contributed by atoms with Crippen LogP contribution in [0.15, 0.2) is 23.0 Å². The minimum absolute atomic E-state index is 0.0227. The highest BCUT2D eigenvalue weighted by Crippen LogP contribution is 1.90. The van der Waals surface area contributed by atoms with Gasteiger partial charge in [0.25, 0.3) is 5.91 Å². The van der Waals surface area contributed by atoms with Crippen LogP contribution in [0.2, 0.25) is 0 Å². The zero-order valence-electron chi connectivity index (χ0n) is 9.89. The fourth-order valence-corrected chi connectivity index (χ4v) is 2.22. The molecule has 7 nitrogen and oxygen atoms in total. The molecule has 1 amide bonds. The first-order valence-corrected chi connectivity index (χ1v) is 7.04. The van der Waals surface area contributed by atoms with Crippen molar-refractivity contribution in [2.45, 2.75) is 6.92 Å². The van der Waals surface area contributed by atoms with Crippen LogP contribution in [0.25, 0.3) is 0 Å². The smallest absolute Gasteiger partial charge is 0.267 e. The lowest BCUT2D eigenvalue weighted by Crippen LogP contribution is -2.35. The number of carbonyl (C=O) groups excluding carboxylic acids is 1. The first-order chi connectivity index (χ1) is 8.44. The van der Waals surface area contributed by atoms with Gasteiger partial charge < -0.3 is 10.3 Å². The van der Waals surface area contributed by atoms with Gasteiger partial charge in [-0.2, -0.15) is 0 Å². The molecule has 100 valence electrons. The lowest BCUT2D eigenvalue weighted by atomic mass is 10.3. The van der Waals surface area contributed by atoms with E-state index in [1.165, 1.54) is 18.2 Å². The number of hydrogen-bond acceptors (Lipinski definition) is 4. The first kappa shape index (κ1) is 14.4. The molecular formula is C10H15N3O4S. The van der Waals surface area contributed by atoms with Crippen molar-refractivity contribution in [2.75, 3.05) is 18.8 Å². The molecule has 1 aromatic rings. The minimum Gasteiger partial charge on any atom is -0.350 e. The highest BCUT2D eigenvalue weighted by molar-refractivity contribution is 7.89. The standard InChI is InChI=1S/C10H15N3O4S/c1-2-12-18(16,17)7-6-11-10(15)8-4-3-5-9(14)13-8/h3-5,12H,2,6-7H2,1H3,(H,11,15)(H,13,14). The molecule has 0 aliphatic heterocycles. The molecule has 0 unspecified atom stereocenters. The van der Waals surface area contributed by atoms with E-state index >= 15 is 0 Å². The zero-order valence-corrected chi connectivity index (χ0v) is 10.7. The van der Waals surface area contributed by atoms with Gasteiger partial charge in [0.15, 0.2) is 0 Å². The molecule has 8 heteroatoms. The fourth-order valence-electron chi connectivity index (χ4n) is 1.27. The summed E-state index contributed by atoms with van der Waals surface area (Å²) >= 11 is 0. The van der Waals surface area contributed by atoms with E-state index in [0.717, 1.165) is 0 Å². The normalized spacial score (nSPS) is 11.2. The SMILES string of the molecule is CCNS(=O)(=O)CCNC(=O)c1cccc(=O)[nH]1. The number of amides is 1. The van der Waals surface area contributed by atoms with E-state index in [9.17, 15) is 18.0 Å². The Labute approximate surface area is 105 Å². The maximum atomic E-state index is 11.5. The molecule has 1 heterocycles. The van der Waals surface area contributed by atoms with Crippen molar-refractivity contribution in [3.63, 3.8) is 0 Å². The molecule has 1 aromatic heterocycles. The molecule has 0 saturated carbocycles. The van der Waals surface area contributed by atoms with E-state index in [4.69, 9.17) is 0 Å². The van der Waals surface area contributed by atoms with Gasteiger partial charge in [0.2, 0.25) is 15.6 Å². The van der Waals surface area contributed by atoms with Crippen LogP contribution in [0.1, 0.15) is 17.4 Å². The number of rotatable bonds is 6. The zero-order chi connectivity index (χ0) is 13.6. The van der Waals surface area contributed by atoms with E-state index in [-0.39, 0.29) is 23.6 Å². The Kier molecular flexibility index (Phi) is 5.05. The summed E-state index contributed by atoms with van der Waals surface area (Å²) in [6.07, 6.45) is 0. The number of aromatic amines is 1. The van der Waals surface area contributed by atoms with Crippen LogP contribution >= 0.6 is 0 Å². The number of nitrogens with one attached hydrogen (secondary N) is 3. The summed E-state index contributed by atoms with van der Waals surface area (Å²) in [6, 6.07) is 4.17. The van der Waals surface area contributed by atoms with Crippen LogP contribution in [0.5, 0.6) is 0 Å². The maximum absolute atomic E-state index is 11.5. The van der Waals surface area contributed by atoms with Gasteiger partial charge in [-0.15, -0.1) is 0 Å². The predicted octanol–water partition coefficient (Wildman–Crippen LogP) is -0.956. The van der Waals surface area contributed by atoms with Gasteiger partial charge in [-0.3, -0.25) is 9.59 Å². The lowest BCUT2D eigenvalue weighted by Gasteiger charge is -2.06. The minimum atomic E-state index is -3.35. The quantitative estimate of drug-likeness (QED) is 0.620. The summed E-state index contributed by atoms with van der Waals surface area (Å²) in [5, 5.41) is 2.41. The average molecular weight is 273 g/mol. The molecule has 0 aliphatic rings. The van der Waals surface area contributed by atoms with Gasteiger partial charge in [0.05, 0.1) is 5.75 Å². The summed E-state index contributed by atoms with van der Waals surface area (Å²) in [7, 11) is -3.35. The third-order valence-corrected chi connectivity index (χ3v) is 3.50. The van der Waals surface area contributed by atoms with E-state index in [2.05, 4.69) is 15.0 Å². The van der Waals surface area contributed by atoms with Gasteiger partial charge in [0, 0.05) is 19.2 Å². The number of aromatic nitrogens is 1. The molecule has 3 N–H and O–H groups in total. The highest BCUT2D eigenvalue weighted by atomic mass is 32.2. The largest absolute Gasteiger partial charge is 0.350 e. The number of carbonyl (C=O) groups is 1. The second-order valence-corrected chi connectivity index (χ2v) is 5.43. The summed E-state index contributed by atoms with van der Waals surface area (Å²) in [6.45, 7) is 1.96. The van der Waals surface area contributed by atoms with Crippen LogP contribution < -0.4 is 15.6 Å². The highest BCUT2D eigenvalue weighted by Gasteiger charge is 2.10. The van der Waals surface area contributed by atoms with Gasteiger partial charge in [0.1, 0.15) is 5.69 Å². The van der Waals surface area contributed by atoms with Crippen molar-refractivity contribution < 1.29 is 13.2 Å². The molecule has 1 rings (SSSR count). The molecule has 0 aliphatic carbocycles. The summed E-state index contributed by atoms with van der Waals surface area (Å²) < 4.78 is 24.9. The maximum Gasteiger partial charge on any atom is 0.267 e. The Bertz CT molecular complexity index is 564. The summed E-state index contributed by atoms with van der Waals surface area (Å²) in [5.41, 5.74) is -0.286. The van der Waals surface area contributed by atoms with Gasteiger partial charge in [-0.25, -0.2) is 13.1 Å². The number of hydrogen-bond donors (Lipinski definition) is 3. The number of pyridine rings is 1. The van der Waals surface area contributed by atoms with Crippen LogP contribution in [-0.2, 0) is 10.0 Å². The van der Waals surface area contributed by atoms with Crippen LogP contribution in [0.4, 0.5) is 0 Å². The van der Waals surface area contributed by atoms with Gasteiger partial charge in [-0.1, -0.05) is 13.0 Å². The molecule has 0 atom stereocenters. The van der Waals surface area contributed by atoms with Crippen molar-refractivity contribution in [2.24, 2.45) is 0 Å². The molecule has 0 bridgehead atoms. The van der Waals surface area contributed by atoms with Crippen LogP contribution in [0, 0.1) is 0 Å². The van der Waals surface area contributed by atoms with Crippen molar-refractivity contribution in [1.82, 2.24) is 15.0 Å². The fraction of sp³-hybridized carbons (Fsp3) is 0.400. The monoisotopic (exact) mass is 273 g/mol. The Balaban J connectivity index is 2.50. The Hall–Kier alpha value is -1.67. The molecule has 0 saturated heterocycles. The van der Waals surface area contributed by atoms with Crippen molar-refractivity contribution >= 4 is 15.9 Å². The second kappa shape index (κ2) is 6.31. The third-order valence-electron chi connectivity index (χ3n) is 2.03. The third kappa shape index (κ3) is 4.68. The second-order valence-electron chi connectivity index (χ2n) is 3.50. The Morgan fingerprint density at radius 1 is 1.39 bits per heavy atom. The Morgan fingerprint density at radius 3 is 2.72 bits per heavy atom. The molecule has 0 aromatic carbocycles. The average Bonchev–Trinajstić information content (AvgIpc) is 2.28. The number of sulfonamides is 1. The summed E-state index contributed by atoms with van der Waals surface area (Å²) in [5.74, 6) is -0.719. The van der Waals surface area contributed by atoms with Crippen molar-refractivity contribution in [3.8, 4) is 0 Å². The molecule has 0 spiro atoms. The van der Waals surface area contributed by atoms with E-state index in [1.54, 1.807) is 6.92 Å². The topological polar surface area (TPSA) is 108 Å². The number of H-pyrrole nitrogens is 1. The first-order valence-electron chi connectivity index (χ1n) is 5.39. The van der Waals surface area contributed by atoms with Gasteiger partial charge in [-0.05, 0) is 6.07 Å². The molecule has 0 fully saturated rings.